The number of rotatable bonds is 5. The Bertz CT molecular complexity index is 538. The van der Waals surface area contributed by atoms with Gasteiger partial charge in [0.2, 0.25) is 0 Å². The van der Waals surface area contributed by atoms with Gasteiger partial charge in [-0.15, -0.1) is 0 Å². The summed E-state index contributed by atoms with van der Waals surface area (Å²) in [6.45, 7) is 2.83. The fourth-order valence-corrected chi connectivity index (χ4v) is 1.72. The van der Waals surface area contributed by atoms with Crippen LogP contribution in [0.4, 0.5) is 0 Å². The highest BCUT2D eigenvalue weighted by atomic mass is 16.5. The number of methoxy groups -OCH3 is 2. The molecular formula is C14H18N2O5. The van der Waals surface area contributed by atoms with Crippen molar-refractivity contribution in [2.75, 3.05) is 27.3 Å². The molecule has 0 aliphatic rings. The highest BCUT2D eigenvalue weighted by molar-refractivity contribution is 5.98. The van der Waals surface area contributed by atoms with Gasteiger partial charge in [-0.2, -0.15) is 0 Å². The van der Waals surface area contributed by atoms with E-state index < -0.39 is 17.8 Å². The monoisotopic (exact) mass is 294 g/mol. The van der Waals surface area contributed by atoms with Gasteiger partial charge in [0, 0.05) is 5.69 Å². The van der Waals surface area contributed by atoms with Gasteiger partial charge in [-0.05, 0) is 26.0 Å². The normalized spacial score (nSPS) is 9.90. The molecule has 7 heteroatoms. The molecule has 114 valence electrons. The maximum Gasteiger partial charge on any atom is 0.325 e. The summed E-state index contributed by atoms with van der Waals surface area (Å²) in [5.74, 6) is -1.72. The van der Waals surface area contributed by atoms with Crippen molar-refractivity contribution in [3.63, 3.8) is 0 Å². The molecule has 0 aromatic carbocycles. The smallest absolute Gasteiger partial charge is 0.325 e. The number of esters is 2. The van der Waals surface area contributed by atoms with Crippen LogP contribution in [0.3, 0.4) is 0 Å². The van der Waals surface area contributed by atoms with E-state index in [1.54, 1.807) is 19.1 Å². The Kier molecular flexibility index (Phi) is 5.83. The largest absolute Gasteiger partial charge is 0.468 e. The average Bonchev–Trinajstić information content (AvgIpc) is 2.45. The Morgan fingerprint density at radius 1 is 1.05 bits per heavy atom. The van der Waals surface area contributed by atoms with Gasteiger partial charge in [-0.3, -0.25) is 19.4 Å². The van der Waals surface area contributed by atoms with Crippen LogP contribution in [0, 0.1) is 13.8 Å². The number of aryl methyl sites for hydroxylation is 2. The molecule has 7 nitrogen and oxygen atoms in total. The number of ether oxygens (including phenoxy) is 2. The quantitative estimate of drug-likeness (QED) is 0.735. The van der Waals surface area contributed by atoms with Crippen LogP contribution < -0.4 is 0 Å². The van der Waals surface area contributed by atoms with Crippen molar-refractivity contribution < 1.29 is 23.9 Å². The second-order valence-corrected chi connectivity index (χ2v) is 4.40. The Hall–Kier alpha value is -2.44. The molecule has 0 aliphatic heterocycles. The van der Waals surface area contributed by atoms with E-state index in [9.17, 15) is 14.4 Å². The van der Waals surface area contributed by atoms with Gasteiger partial charge in [0.15, 0.2) is 0 Å². The molecule has 21 heavy (non-hydrogen) atoms. The van der Waals surface area contributed by atoms with Gasteiger partial charge >= 0.3 is 11.9 Å². The van der Waals surface area contributed by atoms with Gasteiger partial charge < -0.3 is 14.4 Å². The Balaban J connectivity index is 3.02. The van der Waals surface area contributed by atoms with Gasteiger partial charge in [0.05, 0.1) is 25.5 Å². The van der Waals surface area contributed by atoms with Crippen molar-refractivity contribution in [2.45, 2.75) is 13.8 Å². The summed E-state index contributed by atoms with van der Waals surface area (Å²) in [6, 6.07) is 3.30. The molecule has 0 unspecified atom stereocenters. The number of carbonyl (C=O) groups excluding carboxylic acids is 3. The first-order chi connectivity index (χ1) is 9.88. The van der Waals surface area contributed by atoms with Crippen LogP contribution in [0.15, 0.2) is 12.1 Å². The summed E-state index contributed by atoms with van der Waals surface area (Å²) in [7, 11) is 2.42. The van der Waals surface area contributed by atoms with E-state index >= 15 is 0 Å². The average molecular weight is 294 g/mol. The molecule has 0 N–H and O–H groups in total. The van der Waals surface area contributed by atoms with Crippen LogP contribution >= 0.6 is 0 Å². The molecule has 1 aromatic rings. The number of pyridine rings is 1. The summed E-state index contributed by atoms with van der Waals surface area (Å²) in [5.41, 5.74) is 1.63. The van der Waals surface area contributed by atoms with E-state index in [1.165, 1.54) is 14.2 Å². The molecule has 0 atom stereocenters. The molecule has 1 aromatic heterocycles. The fourth-order valence-electron chi connectivity index (χ4n) is 1.72. The van der Waals surface area contributed by atoms with Gasteiger partial charge in [0.1, 0.15) is 13.1 Å². The van der Waals surface area contributed by atoms with Crippen molar-refractivity contribution in [3.8, 4) is 0 Å². The minimum absolute atomic E-state index is 0.327. The molecule has 0 saturated carbocycles. The Morgan fingerprint density at radius 3 is 2.00 bits per heavy atom. The molecule has 1 rings (SSSR count). The number of carbonyl (C=O) groups is 3. The van der Waals surface area contributed by atoms with Crippen LogP contribution in [-0.2, 0) is 19.1 Å². The van der Waals surface area contributed by atoms with Crippen molar-refractivity contribution in [1.29, 1.82) is 0 Å². The molecule has 0 saturated heterocycles. The van der Waals surface area contributed by atoms with E-state index in [1.807, 2.05) is 6.92 Å². The minimum Gasteiger partial charge on any atom is -0.468 e. The first-order valence-electron chi connectivity index (χ1n) is 6.26. The predicted molar refractivity (Wildman–Crippen MR) is 73.6 cm³/mol. The SMILES string of the molecule is COC(=O)CN(CC(=O)OC)C(=O)c1ccc(C)nc1C. The van der Waals surface area contributed by atoms with Crippen LogP contribution in [0.5, 0.6) is 0 Å². The van der Waals surface area contributed by atoms with Crippen LogP contribution in [-0.4, -0.2) is 55.0 Å². The number of hydrogen-bond donors (Lipinski definition) is 0. The third-order valence-electron chi connectivity index (χ3n) is 2.84. The van der Waals surface area contributed by atoms with Crippen LogP contribution in [0.2, 0.25) is 0 Å². The summed E-state index contributed by atoms with van der Waals surface area (Å²) in [4.78, 5) is 40.5. The third kappa shape index (κ3) is 4.55. The second-order valence-electron chi connectivity index (χ2n) is 4.40. The van der Waals surface area contributed by atoms with E-state index in [0.717, 1.165) is 10.6 Å². The molecule has 0 fully saturated rings. The predicted octanol–water partition coefficient (Wildman–Crippen LogP) is 0.487. The standard InChI is InChI=1S/C14H18N2O5/c1-9-5-6-11(10(2)15-9)14(19)16(7-12(17)20-3)8-13(18)21-4/h5-6H,7-8H2,1-4H3. The molecule has 0 radical (unpaired) electrons. The van der Waals surface area contributed by atoms with E-state index in [-0.39, 0.29) is 13.1 Å². The van der Waals surface area contributed by atoms with E-state index in [4.69, 9.17) is 0 Å². The van der Waals surface area contributed by atoms with Crippen molar-refractivity contribution >= 4 is 17.8 Å². The third-order valence-corrected chi connectivity index (χ3v) is 2.84. The first-order valence-corrected chi connectivity index (χ1v) is 6.26. The van der Waals surface area contributed by atoms with Crippen molar-refractivity contribution in [2.24, 2.45) is 0 Å². The van der Waals surface area contributed by atoms with Crippen LogP contribution in [0.25, 0.3) is 0 Å². The molecule has 0 spiro atoms. The minimum atomic E-state index is -0.620. The number of amides is 1. The number of hydrogen-bond acceptors (Lipinski definition) is 6. The highest BCUT2D eigenvalue weighted by Gasteiger charge is 2.23. The van der Waals surface area contributed by atoms with Gasteiger partial charge in [-0.25, -0.2) is 0 Å². The molecule has 0 aliphatic carbocycles. The number of aromatic nitrogens is 1. The topological polar surface area (TPSA) is 85.8 Å². The second kappa shape index (κ2) is 7.37. The zero-order valence-electron chi connectivity index (χ0n) is 12.5. The van der Waals surface area contributed by atoms with E-state index in [0.29, 0.717) is 11.3 Å². The van der Waals surface area contributed by atoms with Gasteiger partial charge in [-0.1, -0.05) is 0 Å². The lowest BCUT2D eigenvalue weighted by Crippen LogP contribution is -2.40. The zero-order chi connectivity index (χ0) is 16.0. The zero-order valence-corrected chi connectivity index (χ0v) is 12.5. The molecule has 0 bridgehead atoms. The summed E-state index contributed by atoms with van der Waals surface area (Å²) in [5, 5.41) is 0. The maximum absolute atomic E-state index is 12.5. The summed E-state index contributed by atoms with van der Waals surface area (Å²) in [6.07, 6.45) is 0. The number of nitrogens with zero attached hydrogens (tertiary/aromatic N) is 2. The summed E-state index contributed by atoms with van der Waals surface area (Å²) < 4.78 is 9.06. The molecule has 1 heterocycles. The Morgan fingerprint density at radius 2 is 1.57 bits per heavy atom. The summed E-state index contributed by atoms with van der Waals surface area (Å²) >= 11 is 0. The lowest BCUT2D eigenvalue weighted by Gasteiger charge is -2.20. The van der Waals surface area contributed by atoms with Crippen molar-refractivity contribution in [1.82, 2.24) is 9.88 Å². The maximum atomic E-state index is 12.5. The highest BCUT2D eigenvalue weighted by Crippen LogP contribution is 2.10. The van der Waals surface area contributed by atoms with Gasteiger partial charge in [0.25, 0.3) is 5.91 Å². The lowest BCUT2D eigenvalue weighted by atomic mass is 10.1. The Labute approximate surface area is 122 Å². The fraction of sp³-hybridized carbons (Fsp3) is 0.429. The lowest BCUT2D eigenvalue weighted by molar-refractivity contribution is -0.144. The van der Waals surface area contributed by atoms with Crippen molar-refractivity contribution in [3.05, 3.63) is 29.1 Å². The van der Waals surface area contributed by atoms with E-state index in [2.05, 4.69) is 14.5 Å². The van der Waals surface area contributed by atoms with Crippen LogP contribution in [0.1, 0.15) is 21.7 Å². The molecule has 1 amide bonds. The molecular weight excluding hydrogens is 276 g/mol. The first kappa shape index (κ1) is 16.6.